The summed E-state index contributed by atoms with van der Waals surface area (Å²) < 4.78 is 17.0. The second-order valence-electron chi connectivity index (χ2n) is 5.59. The maximum absolute atomic E-state index is 5.99. The predicted octanol–water partition coefficient (Wildman–Crippen LogP) is 2.37. The van der Waals surface area contributed by atoms with Gasteiger partial charge >= 0.3 is 0 Å². The van der Waals surface area contributed by atoms with Crippen molar-refractivity contribution in [1.82, 2.24) is 9.88 Å². The zero-order chi connectivity index (χ0) is 15.9. The lowest BCUT2D eigenvalue weighted by molar-refractivity contribution is 0.0708. The van der Waals surface area contributed by atoms with Crippen molar-refractivity contribution < 1.29 is 14.2 Å². The third-order valence-corrected chi connectivity index (χ3v) is 3.79. The molecule has 0 unspecified atom stereocenters. The average molecular weight is 314 g/mol. The molecule has 0 spiro atoms. The van der Waals surface area contributed by atoms with Crippen LogP contribution in [-0.2, 0) is 11.3 Å². The molecule has 1 aromatic heterocycles. The molecule has 0 N–H and O–H groups in total. The molecule has 2 aromatic rings. The van der Waals surface area contributed by atoms with Crippen molar-refractivity contribution in [2.75, 3.05) is 33.4 Å². The minimum Gasteiger partial charge on any atom is -0.497 e. The molecule has 0 aliphatic carbocycles. The SMILES string of the molecule is COc1cccc(CN2CCOC[C@H](Oc3cccnc3)C2)c1. The fraction of sp³-hybridized carbons (Fsp3) is 0.389. The molecule has 5 heteroatoms. The summed E-state index contributed by atoms with van der Waals surface area (Å²) in [6, 6.07) is 12.0. The zero-order valence-corrected chi connectivity index (χ0v) is 13.4. The van der Waals surface area contributed by atoms with Gasteiger partial charge in [-0.2, -0.15) is 0 Å². The Hall–Kier alpha value is -2.11. The highest BCUT2D eigenvalue weighted by Crippen LogP contribution is 2.17. The third kappa shape index (κ3) is 4.68. The fourth-order valence-corrected chi connectivity index (χ4v) is 2.69. The molecule has 1 saturated heterocycles. The Labute approximate surface area is 136 Å². The van der Waals surface area contributed by atoms with Crippen molar-refractivity contribution in [3.05, 3.63) is 54.4 Å². The van der Waals surface area contributed by atoms with Crippen molar-refractivity contribution in [1.29, 1.82) is 0 Å². The van der Waals surface area contributed by atoms with E-state index in [1.807, 2.05) is 24.3 Å². The number of methoxy groups -OCH3 is 1. The van der Waals surface area contributed by atoms with Crippen LogP contribution < -0.4 is 9.47 Å². The van der Waals surface area contributed by atoms with Crippen LogP contribution in [0.15, 0.2) is 48.8 Å². The highest BCUT2D eigenvalue weighted by molar-refractivity contribution is 5.28. The molecule has 0 saturated carbocycles. The molecular weight excluding hydrogens is 292 g/mol. The molecule has 3 rings (SSSR count). The van der Waals surface area contributed by atoms with Crippen molar-refractivity contribution in [2.45, 2.75) is 12.6 Å². The van der Waals surface area contributed by atoms with Gasteiger partial charge in [-0.05, 0) is 29.8 Å². The lowest BCUT2D eigenvalue weighted by atomic mass is 10.2. The molecular formula is C18H22N2O3. The minimum absolute atomic E-state index is 0.00677. The summed E-state index contributed by atoms with van der Waals surface area (Å²) in [4.78, 5) is 6.44. The number of hydrogen-bond acceptors (Lipinski definition) is 5. The first kappa shape index (κ1) is 15.8. The molecule has 1 aliphatic rings. The van der Waals surface area contributed by atoms with Crippen LogP contribution in [0.5, 0.6) is 11.5 Å². The van der Waals surface area contributed by atoms with Gasteiger partial charge in [0, 0.05) is 25.8 Å². The van der Waals surface area contributed by atoms with Gasteiger partial charge in [0.1, 0.15) is 17.6 Å². The maximum Gasteiger partial charge on any atom is 0.138 e. The van der Waals surface area contributed by atoms with Gasteiger partial charge in [0.25, 0.3) is 0 Å². The number of ether oxygens (including phenoxy) is 3. The van der Waals surface area contributed by atoms with E-state index in [1.165, 1.54) is 5.56 Å². The van der Waals surface area contributed by atoms with Gasteiger partial charge in [-0.15, -0.1) is 0 Å². The van der Waals surface area contributed by atoms with E-state index in [4.69, 9.17) is 14.2 Å². The van der Waals surface area contributed by atoms with Crippen LogP contribution in [0.4, 0.5) is 0 Å². The lowest BCUT2D eigenvalue weighted by Gasteiger charge is -2.24. The second-order valence-corrected chi connectivity index (χ2v) is 5.59. The fourth-order valence-electron chi connectivity index (χ4n) is 2.69. The largest absolute Gasteiger partial charge is 0.497 e. The van der Waals surface area contributed by atoms with Gasteiger partial charge in [-0.1, -0.05) is 12.1 Å². The van der Waals surface area contributed by atoms with E-state index in [1.54, 1.807) is 19.5 Å². The standard InChI is InChI=1S/C18H22N2O3/c1-21-16-5-2-4-15(10-16)12-20-8-9-22-14-18(13-20)23-17-6-3-7-19-11-17/h2-7,10-11,18H,8-9,12-14H2,1H3/t18-/m1/s1. The summed E-state index contributed by atoms with van der Waals surface area (Å²) >= 11 is 0. The Bertz CT molecular complexity index is 606. The number of benzene rings is 1. The van der Waals surface area contributed by atoms with Crippen LogP contribution in [-0.4, -0.2) is 49.4 Å². The van der Waals surface area contributed by atoms with Gasteiger partial charge in [-0.3, -0.25) is 9.88 Å². The average Bonchev–Trinajstić information content (AvgIpc) is 2.81. The van der Waals surface area contributed by atoms with Crippen LogP contribution in [0.1, 0.15) is 5.56 Å². The Morgan fingerprint density at radius 1 is 1.26 bits per heavy atom. The van der Waals surface area contributed by atoms with Crippen molar-refractivity contribution in [2.24, 2.45) is 0 Å². The van der Waals surface area contributed by atoms with Gasteiger partial charge in [-0.25, -0.2) is 0 Å². The molecule has 0 amide bonds. The molecule has 122 valence electrons. The molecule has 1 aliphatic heterocycles. The summed E-state index contributed by atoms with van der Waals surface area (Å²) in [7, 11) is 1.69. The predicted molar refractivity (Wildman–Crippen MR) is 87.7 cm³/mol. The van der Waals surface area contributed by atoms with E-state index >= 15 is 0 Å². The van der Waals surface area contributed by atoms with Crippen LogP contribution in [0.2, 0.25) is 0 Å². The number of rotatable bonds is 5. The monoisotopic (exact) mass is 314 g/mol. The van der Waals surface area contributed by atoms with Crippen LogP contribution >= 0.6 is 0 Å². The molecule has 2 heterocycles. The Balaban J connectivity index is 1.62. The van der Waals surface area contributed by atoms with E-state index in [9.17, 15) is 0 Å². The Kier molecular flexibility index (Phi) is 5.45. The topological polar surface area (TPSA) is 43.8 Å². The normalized spacial score (nSPS) is 19.1. The van der Waals surface area contributed by atoms with E-state index in [0.717, 1.165) is 37.7 Å². The van der Waals surface area contributed by atoms with E-state index in [0.29, 0.717) is 6.61 Å². The van der Waals surface area contributed by atoms with E-state index in [2.05, 4.69) is 22.0 Å². The molecule has 5 nitrogen and oxygen atoms in total. The van der Waals surface area contributed by atoms with Gasteiger partial charge in [0.2, 0.25) is 0 Å². The second kappa shape index (κ2) is 7.94. The van der Waals surface area contributed by atoms with Crippen LogP contribution in [0, 0.1) is 0 Å². The quantitative estimate of drug-likeness (QED) is 0.848. The van der Waals surface area contributed by atoms with Gasteiger partial charge in [0.15, 0.2) is 0 Å². The minimum atomic E-state index is 0.00677. The maximum atomic E-state index is 5.99. The summed E-state index contributed by atoms with van der Waals surface area (Å²) in [5, 5.41) is 0. The summed E-state index contributed by atoms with van der Waals surface area (Å²) in [6.45, 7) is 3.89. The molecule has 0 radical (unpaired) electrons. The van der Waals surface area contributed by atoms with Crippen molar-refractivity contribution in [3.8, 4) is 11.5 Å². The Morgan fingerprint density at radius 2 is 2.17 bits per heavy atom. The number of aromatic nitrogens is 1. The first-order chi connectivity index (χ1) is 11.3. The van der Waals surface area contributed by atoms with E-state index < -0.39 is 0 Å². The molecule has 23 heavy (non-hydrogen) atoms. The number of pyridine rings is 1. The lowest BCUT2D eigenvalue weighted by Crippen LogP contribution is -2.35. The molecule has 1 atom stereocenters. The van der Waals surface area contributed by atoms with Gasteiger partial charge in [0.05, 0.1) is 26.5 Å². The third-order valence-electron chi connectivity index (χ3n) is 3.79. The molecule has 1 aromatic carbocycles. The zero-order valence-electron chi connectivity index (χ0n) is 13.4. The smallest absolute Gasteiger partial charge is 0.138 e. The first-order valence-electron chi connectivity index (χ1n) is 7.83. The first-order valence-corrected chi connectivity index (χ1v) is 7.83. The van der Waals surface area contributed by atoms with Gasteiger partial charge < -0.3 is 14.2 Å². The summed E-state index contributed by atoms with van der Waals surface area (Å²) in [5.41, 5.74) is 1.23. The van der Waals surface area contributed by atoms with Crippen molar-refractivity contribution in [3.63, 3.8) is 0 Å². The van der Waals surface area contributed by atoms with Crippen LogP contribution in [0.25, 0.3) is 0 Å². The number of nitrogens with zero attached hydrogens (tertiary/aromatic N) is 2. The van der Waals surface area contributed by atoms with E-state index in [-0.39, 0.29) is 6.10 Å². The molecule has 1 fully saturated rings. The molecule has 0 bridgehead atoms. The van der Waals surface area contributed by atoms with Crippen LogP contribution in [0.3, 0.4) is 0 Å². The summed E-state index contributed by atoms with van der Waals surface area (Å²) in [5.74, 6) is 1.67. The highest BCUT2D eigenvalue weighted by atomic mass is 16.5. The Morgan fingerprint density at radius 3 is 3.00 bits per heavy atom. The number of hydrogen-bond donors (Lipinski definition) is 0. The highest BCUT2D eigenvalue weighted by Gasteiger charge is 2.20. The summed E-state index contributed by atoms with van der Waals surface area (Å²) in [6.07, 6.45) is 3.48. The van der Waals surface area contributed by atoms with Crippen molar-refractivity contribution >= 4 is 0 Å².